The van der Waals surface area contributed by atoms with Gasteiger partial charge in [0, 0.05) is 65.4 Å². The third-order valence-corrected chi connectivity index (χ3v) is 8.22. The topological polar surface area (TPSA) is 99.2 Å². The van der Waals surface area contributed by atoms with Crippen LogP contribution in [0.15, 0.2) is 34.9 Å². The van der Waals surface area contributed by atoms with Crippen LogP contribution in [0.5, 0.6) is 0 Å². The van der Waals surface area contributed by atoms with E-state index in [1.165, 1.54) is 6.26 Å². The number of amides is 1. The molecule has 5 rings (SSSR count). The first-order valence-electron chi connectivity index (χ1n) is 12.7. The summed E-state index contributed by atoms with van der Waals surface area (Å²) in [5, 5.41) is 11.4. The quantitative estimate of drug-likeness (QED) is 0.507. The van der Waals surface area contributed by atoms with Gasteiger partial charge >= 0.3 is 6.18 Å². The third kappa shape index (κ3) is 8.24. The van der Waals surface area contributed by atoms with E-state index in [1.807, 2.05) is 18.2 Å². The molecule has 1 amide bonds. The van der Waals surface area contributed by atoms with Gasteiger partial charge in [0.2, 0.25) is 17.7 Å². The van der Waals surface area contributed by atoms with Crippen LogP contribution in [0.1, 0.15) is 44.4 Å². The molecule has 1 aliphatic heterocycles. The number of nitrogens with zero attached hydrogens (tertiary/aromatic N) is 3. The largest absolute Gasteiger partial charge is 0.448 e. The lowest BCUT2D eigenvalue weighted by Crippen LogP contribution is -2.43. The van der Waals surface area contributed by atoms with Crippen LogP contribution in [0.3, 0.4) is 0 Å². The lowest BCUT2D eigenvalue weighted by Gasteiger charge is -2.28. The number of rotatable bonds is 5. The maximum atomic E-state index is 13.1. The number of carbonyl (C=O) groups is 1. The van der Waals surface area contributed by atoms with Crippen LogP contribution in [0.2, 0.25) is 0 Å². The fraction of sp³-hybridized carbons (Fsp3) is 0.577. The first kappa shape index (κ1) is 29.0. The molecule has 1 atom stereocenters. The Morgan fingerprint density at radius 3 is 2.41 bits per heavy atom. The van der Waals surface area contributed by atoms with Gasteiger partial charge in [-0.05, 0) is 37.8 Å². The Labute approximate surface area is 225 Å². The highest BCUT2D eigenvalue weighted by Crippen LogP contribution is 2.39. The summed E-state index contributed by atoms with van der Waals surface area (Å²) < 4.78 is 79.4. The lowest BCUT2D eigenvalue weighted by atomic mass is 9.86. The number of nitrogens with one attached hydrogen (secondary N) is 1. The van der Waals surface area contributed by atoms with E-state index in [2.05, 4.69) is 15.2 Å². The molecule has 39 heavy (non-hydrogen) atoms. The standard InChI is InChI=1S/C15H15F3N2O2S.C11H14F2N2O/c16-15(17,18)9-14-19-13(10-22-14)11-1-3-12(4-2-11)20-5-7-23(21)8-6-20;12-11(13)3-1-2-8(6-11)9(16)15-10(7-14)4-5-10/h1-4,10H,5-9H2;8H,1-6H2,(H,15,16). The minimum absolute atomic E-state index is 0.125. The smallest absolute Gasteiger partial charge is 0.397 e. The minimum atomic E-state index is -4.33. The van der Waals surface area contributed by atoms with Crippen molar-refractivity contribution in [3.05, 3.63) is 36.4 Å². The number of oxazole rings is 1. The van der Waals surface area contributed by atoms with Crippen molar-refractivity contribution in [2.45, 2.75) is 62.6 Å². The van der Waals surface area contributed by atoms with Crippen LogP contribution in [0, 0.1) is 17.2 Å². The van der Waals surface area contributed by atoms with Gasteiger partial charge in [-0.3, -0.25) is 9.00 Å². The zero-order valence-corrected chi connectivity index (χ0v) is 21.9. The van der Waals surface area contributed by atoms with Gasteiger partial charge < -0.3 is 14.6 Å². The molecule has 2 saturated carbocycles. The summed E-state index contributed by atoms with van der Waals surface area (Å²) in [6, 6.07) is 9.41. The molecule has 0 spiro atoms. The summed E-state index contributed by atoms with van der Waals surface area (Å²) in [5.74, 6) is -2.75. The van der Waals surface area contributed by atoms with Crippen molar-refractivity contribution in [2.24, 2.45) is 5.92 Å². The summed E-state index contributed by atoms with van der Waals surface area (Å²) in [6.07, 6.45) is -2.61. The SMILES string of the molecule is N#CC1(NC(=O)C2CCCC(F)(F)C2)CC1.O=S1CCN(c2ccc(-c3coc(CC(F)(F)F)n3)cc2)CC1. The Bertz CT molecular complexity index is 1210. The Morgan fingerprint density at radius 2 is 1.85 bits per heavy atom. The van der Waals surface area contributed by atoms with Gasteiger partial charge in [-0.1, -0.05) is 12.1 Å². The van der Waals surface area contributed by atoms with E-state index in [-0.39, 0.29) is 24.6 Å². The molecule has 1 aromatic heterocycles. The minimum Gasteiger partial charge on any atom is -0.448 e. The van der Waals surface area contributed by atoms with E-state index in [0.717, 1.165) is 18.8 Å². The molecular weight excluding hydrogens is 543 g/mol. The van der Waals surface area contributed by atoms with E-state index in [0.29, 0.717) is 48.4 Å². The molecule has 1 aromatic carbocycles. The Kier molecular flexibility index (Phi) is 8.63. The monoisotopic (exact) mass is 572 g/mol. The highest BCUT2D eigenvalue weighted by molar-refractivity contribution is 7.85. The first-order valence-corrected chi connectivity index (χ1v) is 14.2. The van der Waals surface area contributed by atoms with Gasteiger partial charge in [-0.25, -0.2) is 13.8 Å². The van der Waals surface area contributed by atoms with Crippen molar-refractivity contribution in [2.75, 3.05) is 29.5 Å². The molecule has 2 aliphatic carbocycles. The molecule has 212 valence electrons. The Balaban J connectivity index is 0.000000193. The first-order chi connectivity index (χ1) is 18.4. The van der Waals surface area contributed by atoms with Crippen molar-refractivity contribution in [1.82, 2.24) is 10.3 Å². The van der Waals surface area contributed by atoms with Crippen LogP contribution in [-0.4, -0.2) is 57.3 Å². The van der Waals surface area contributed by atoms with Crippen molar-refractivity contribution >= 4 is 22.4 Å². The number of anilines is 1. The molecule has 3 aliphatic rings. The fourth-order valence-corrected chi connectivity index (χ4v) is 5.61. The van der Waals surface area contributed by atoms with Crippen LogP contribution in [0.4, 0.5) is 27.6 Å². The third-order valence-electron chi connectivity index (χ3n) is 6.95. The van der Waals surface area contributed by atoms with Gasteiger partial charge in [-0.2, -0.15) is 18.4 Å². The van der Waals surface area contributed by atoms with Crippen molar-refractivity contribution in [3.63, 3.8) is 0 Å². The molecule has 1 N–H and O–H groups in total. The van der Waals surface area contributed by atoms with Crippen LogP contribution in [-0.2, 0) is 22.0 Å². The Hall–Kier alpha value is -3.01. The number of alkyl halides is 5. The Morgan fingerprint density at radius 1 is 1.18 bits per heavy atom. The van der Waals surface area contributed by atoms with E-state index in [1.54, 1.807) is 12.1 Å². The molecule has 1 saturated heterocycles. The van der Waals surface area contributed by atoms with Gasteiger partial charge in [-0.15, -0.1) is 0 Å². The van der Waals surface area contributed by atoms with E-state index in [4.69, 9.17) is 9.68 Å². The highest BCUT2D eigenvalue weighted by Gasteiger charge is 2.47. The number of hydrogen-bond donors (Lipinski definition) is 1. The summed E-state index contributed by atoms with van der Waals surface area (Å²) >= 11 is 0. The molecule has 2 aromatic rings. The number of aromatic nitrogens is 1. The van der Waals surface area contributed by atoms with Crippen LogP contribution in [0.25, 0.3) is 11.3 Å². The number of nitriles is 1. The van der Waals surface area contributed by atoms with Crippen molar-refractivity contribution in [3.8, 4) is 17.3 Å². The average Bonchev–Trinajstić information content (AvgIpc) is 3.51. The fourth-order valence-electron chi connectivity index (χ4n) is 4.56. The number of halogens is 5. The molecule has 7 nitrogen and oxygen atoms in total. The second-order valence-electron chi connectivity index (χ2n) is 10.1. The van der Waals surface area contributed by atoms with Gasteiger partial charge in [0.1, 0.15) is 23.9 Å². The van der Waals surface area contributed by atoms with E-state index < -0.39 is 40.8 Å². The molecule has 0 bridgehead atoms. The maximum absolute atomic E-state index is 13.1. The lowest BCUT2D eigenvalue weighted by molar-refractivity contribution is -0.133. The maximum Gasteiger partial charge on any atom is 0.397 e. The molecule has 13 heteroatoms. The van der Waals surface area contributed by atoms with Crippen molar-refractivity contribution < 1.29 is 35.4 Å². The summed E-state index contributed by atoms with van der Waals surface area (Å²) in [4.78, 5) is 17.7. The molecule has 1 unspecified atom stereocenters. The number of carbonyl (C=O) groups excluding carboxylic acids is 1. The zero-order valence-electron chi connectivity index (χ0n) is 21.1. The second-order valence-corrected chi connectivity index (χ2v) is 11.8. The van der Waals surface area contributed by atoms with E-state index >= 15 is 0 Å². The van der Waals surface area contributed by atoms with Crippen LogP contribution < -0.4 is 10.2 Å². The van der Waals surface area contributed by atoms with E-state index in [9.17, 15) is 31.0 Å². The van der Waals surface area contributed by atoms with Gasteiger partial charge in [0.05, 0.1) is 6.07 Å². The predicted octanol–water partition coefficient (Wildman–Crippen LogP) is 5.00. The summed E-state index contributed by atoms with van der Waals surface area (Å²) in [5.41, 5.74) is 1.34. The molecule has 0 radical (unpaired) electrons. The van der Waals surface area contributed by atoms with Crippen molar-refractivity contribution in [1.29, 1.82) is 5.26 Å². The number of hydrogen-bond acceptors (Lipinski definition) is 6. The normalized spacial score (nSPS) is 22.3. The molecule has 2 heterocycles. The van der Waals surface area contributed by atoms with Gasteiger partial charge in [0.25, 0.3) is 0 Å². The second kappa shape index (κ2) is 11.6. The zero-order chi connectivity index (χ0) is 28.3. The molecular formula is C26H29F5N4O3S. The predicted molar refractivity (Wildman–Crippen MR) is 134 cm³/mol. The highest BCUT2D eigenvalue weighted by atomic mass is 32.2. The summed E-state index contributed by atoms with van der Waals surface area (Å²) in [6.45, 7) is 1.48. The number of benzene rings is 1. The summed E-state index contributed by atoms with van der Waals surface area (Å²) in [7, 11) is -0.731. The van der Waals surface area contributed by atoms with Gasteiger partial charge in [0.15, 0.2) is 0 Å². The molecule has 3 fully saturated rings. The van der Waals surface area contributed by atoms with Crippen LogP contribution >= 0.6 is 0 Å². The average molecular weight is 573 g/mol.